The van der Waals surface area contributed by atoms with Crippen LogP contribution in [-0.2, 0) is 9.59 Å². The number of amides is 2. The van der Waals surface area contributed by atoms with Crippen LogP contribution in [0.3, 0.4) is 0 Å². The van der Waals surface area contributed by atoms with Crippen molar-refractivity contribution in [1.82, 2.24) is 9.80 Å². The van der Waals surface area contributed by atoms with Crippen molar-refractivity contribution in [3.8, 4) is 0 Å². The first kappa shape index (κ1) is 11.0. The Kier molecular flexibility index (Phi) is 2.58. The fourth-order valence-corrected chi connectivity index (χ4v) is 2.91. The van der Waals surface area contributed by atoms with Crippen LogP contribution in [0.15, 0.2) is 0 Å². The number of β-amino-alcohol motifs (C(OH)–C–C–N with tert-alkyl or cyclic N) is 1. The third-order valence-corrected chi connectivity index (χ3v) is 3.90. The van der Waals surface area contributed by atoms with Gasteiger partial charge in [0.2, 0.25) is 11.8 Å². The molecule has 0 spiro atoms. The van der Waals surface area contributed by atoms with Gasteiger partial charge in [-0.1, -0.05) is 0 Å². The molecule has 0 aromatic rings. The van der Waals surface area contributed by atoms with E-state index in [1.807, 2.05) is 4.90 Å². The number of aliphatic hydroxyl groups excluding tert-OH is 1. The van der Waals surface area contributed by atoms with Crippen molar-refractivity contribution in [3.05, 3.63) is 0 Å². The molecule has 2 aliphatic heterocycles. The Labute approximate surface area is 100 Å². The highest BCUT2D eigenvalue weighted by Crippen LogP contribution is 2.33. The molecule has 3 rings (SSSR count). The normalized spacial score (nSPS) is 33.9. The van der Waals surface area contributed by atoms with Crippen molar-refractivity contribution >= 4 is 11.8 Å². The SMILES string of the molecule is O=C1CC(O)CN1CC1CC(=O)N(C2CC2)C1. The quantitative estimate of drug-likeness (QED) is 0.727. The molecular formula is C12H18N2O3. The topological polar surface area (TPSA) is 60.9 Å². The van der Waals surface area contributed by atoms with E-state index >= 15 is 0 Å². The second-order valence-corrected chi connectivity index (χ2v) is 5.50. The smallest absolute Gasteiger partial charge is 0.225 e. The van der Waals surface area contributed by atoms with Crippen LogP contribution in [0, 0.1) is 5.92 Å². The zero-order chi connectivity index (χ0) is 12.0. The van der Waals surface area contributed by atoms with E-state index in [0.717, 1.165) is 19.4 Å². The second-order valence-electron chi connectivity index (χ2n) is 5.50. The maximum Gasteiger partial charge on any atom is 0.225 e. The maximum absolute atomic E-state index is 11.8. The maximum atomic E-state index is 11.8. The van der Waals surface area contributed by atoms with Gasteiger partial charge in [-0.3, -0.25) is 9.59 Å². The molecule has 0 bridgehead atoms. The molecule has 3 aliphatic rings. The van der Waals surface area contributed by atoms with Crippen LogP contribution in [0.2, 0.25) is 0 Å². The molecule has 1 N–H and O–H groups in total. The van der Waals surface area contributed by atoms with Gasteiger partial charge in [0, 0.05) is 38.0 Å². The van der Waals surface area contributed by atoms with E-state index < -0.39 is 6.10 Å². The third kappa shape index (κ3) is 2.16. The van der Waals surface area contributed by atoms with Crippen LogP contribution in [0.25, 0.3) is 0 Å². The molecule has 0 aromatic carbocycles. The Hall–Kier alpha value is -1.10. The Balaban J connectivity index is 1.56. The van der Waals surface area contributed by atoms with Gasteiger partial charge in [-0.05, 0) is 12.8 Å². The minimum Gasteiger partial charge on any atom is -0.391 e. The third-order valence-electron chi connectivity index (χ3n) is 3.90. The Bertz CT molecular complexity index is 354. The van der Waals surface area contributed by atoms with Crippen LogP contribution in [0.5, 0.6) is 0 Å². The molecular weight excluding hydrogens is 220 g/mol. The largest absolute Gasteiger partial charge is 0.391 e. The van der Waals surface area contributed by atoms with Crippen molar-refractivity contribution in [1.29, 1.82) is 0 Å². The summed E-state index contributed by atoms with van der Waals surface area (Å²) in [5.41, 5.74) is 0. The molecule has 5 nitrogen and oxygen atoms in total. The van der Waals surface area contributed by atoms with E-state index in [2.05, 4.69) is 0 Å². The monoisotopic (exact) mass is 238 g/mol. The first-order valence-electron chi connectivity index (χ1n) is 6.39. The Morgan fingerprint density at radius 1 is 1.12 bits per heavy atom. The number of hydrogen-bond acceptors (Lipinski definition) is 3. The lowest BCUT2D eigenvalue weighted by Crippen LogP contribution is -2.33. The summed E-state index contributed by atoms with van der Waals surface area (Å²) in [5.74, 6) is 0.525. The van der Waals surface area contributed by atoms with E-state index in [1.165, 1.54) is 0 Å². The predicted molar refractivity (Wildman–Crippen MR) is 60.0 cm³/mol. The number of hydrogen-bond donors (Lipinski definition) is 1. The molecule has 17 heavy (non-hydrogen) atoms. The molecule has 2 atom stereocenters. The highest BCUT2D eigenvalue weighted by atomic mass is 16.3. The minimum absolute atomic E-state index is 0.0230. The van der Waals surface area contributed by atoms with Crippen molar-refractivity contribution in [2.45, 2.75) is 37.8 Å². The van der Waals surface area contributed by atoms with Gasteiger partial charge in [0.15, 0.2) is 0 Å². The predicted octanol–water partition coefficient (Wildman–Crippen LogP) is -0.409. The number of carbonyl (C=O) groups excluding carboxylic acids is 2. The number of aliphatic hydroxyl groups is 1. The van der Waals surface area contributed by atoms with Crippen LogP contribution in [0.4, 0.5) is 0 Å². The van der Waals surface area contributed by atoms with Gasteiger partial charge in [-0.15, -0.1) is 0 Å². The fourth-order valence-electron chi connectivity index (χ4n) is 2.91. The molecule has 5 heteroatoms. The summed E-state index contributed by atoms with van der Waals surface area (Å²) in [6, 6.07) is 0.479. The van der Waals surface area contributed by atoms with E-state index in [0.29, 0.717) is 25.6 Å². The molecule has 94 valence electrons. The minimum atomic E-state index is -0.515. The molecule has 3 fully saturated rings. The fraction of sp³-hybridized carbons (Fsp3) is 0.833. The highest BCUT2D eigenvalue weighted by molar-refractivity contribution is 5.80. The van der Waals surface area contributed by atoms with Gasteiger partial charge in [0.25, 0.3) is 0 Å². The summed E-state index contributed by atoms with van der Waals surface area (Å²) in [4.78, 5) is 27.0. The van der Waals surface area contributed by atoms with E-state index in [9.17, 15) is 14.7 Å². The van der Waals surface area contributed by atoms with E-state index in [-0.39, 0.29) is 24.2 Å². The van der Waals surface area contributed by atoms with Gasteiger partial charge in [-0.2, -0.15) is 0 Å². The van der Waals surface area contributed by atoms with E-state index in [4.69, 9.17) is 0 Å². The lowest BCUT2D eigenvalue weighted by Gasteiger charge is -2.20. The van der Waals surface area contributed by atoms with Gasteiger partial charge in [0.1, 0.15) is 0 Å². The first-order valence-corrected chi connectivity index (χ1v) is 6.39. The van der Waals surface area contributed by atoms with E-state index in [1.54, 1.807) is 4.90 Å². The molecule has 2 saturated heterocycles. The van der Waals surface area contributed by atoms with Crippen LogP contribution in [0.1, 0.15) is 25.7 Å². The van der Waals surface area contributed by atoms with Gasteiger partial charge in [0.05, 0.1) is 12.5 Å². The lowest BCUT2D eigenvalue weighted by atomic mass is 10.1. The molecule has 1 aliphatic carbocycles. The molecule has 1 saturated carbocycles. The summed E-state index contributed by atoms with van der Waals surface area (Å²) in [6.07, 6.45) is 2.57. The molecule has 0 radical (unpaired) electrons. The van der Waals surface area contributed by atoms with Crippen molar-refractivity contribution in [2.75, 3.05) is 19.6 Å². The first-order chi connectivity index (χ1) is 8.13. The van der Waals surface area contributed by atoms with Crippen LogP contribution < -0.4 is 0 Å². The van der Waals surface area contributed by atoms with Gasteiger partial charge in [-0.25, -0.2) is 0 Å². The Morgan fingerprint density at radius 2 is 1.88 bits per heavy atom. The summed E-state index contributed by atoms with van der Waals surface area (Å²) in [5, 5.41) is 9.41. The summed E-state index contributed by atoms with van der Waals surface area (Å²) in [6.45, 7) is 1.86. The highest BCUT2D eigenvalue weighted by Gasteiger charge is 2.40. The number of carbonyl (C=O) groups is 2. The number of nitrogens with zero attached hydrogens (tertiary/aromatic N) is 2. The molecule has 2 amide bonds. The zero-order valence-corrected chi connectivity index (χ0v) is 9.84. The summed E-state index contributed by atoms with van der Waals surface area (Å²) < 4.78 is 0. The van der Waals surface area contributed by atoms with Crippen molar-refractivity contribution < 1.29 is 14.7 Å². The van der Waals surface area contributed by atoms with Gasteiger partial charge < -0.3 is 14.9 Å². The van der Waals surface area contributed by atoms with Crippen LogP contribution in [-0.4, -0.2) is 58.5 Å². The number of likely N-dealkylation sites (tertiary alicyclic amines) is 2. The second kappa shape index (κ2) is 3.98. The van der Waals surface area contributed by atoms with Gasteiger partial charge >= 0.3 is 0 Å². The summed E-state index contributed by atoms with van der Waals surface area (Å²) >= 11 is 0. The number of rotatable bonds is 3. The molecule has 2 heterocycles. The zero-order valence-electron chi connectivity index (χ0n) is 9.84. The van der Waals surface area contributed by atoms with Crippen molar-refractivity contribution in [3.63, 3.8) is 0 Å². The lowest BCUT2D eigenvalue weighted by molar-refractivity contribution is -0.129. The average molecular weight is 238 g/mol. The average Bonchev–Trinajstić information content (AvgIpc) is 2.96. The summed E-state index contributed by atoms with van der Waals surface area (Å²) in [7, 11) is 0. The Morgan fingerprint density at radius 3 is 2.47 bits per heavy atom. The standard InChI is InChI=1S/C12H18N2O3/c15-10-4-11(16)13(7-10)5-8-3-12(17)14(6-8)9-1-2-9/h8-10,15H,1-7H2. The van der Waals surface area contributed by atoms with Crippen LogP contribution >= 0.6 is 0 Å². The molecule has 2 unspecified atom stereocenters. The molecule has 0 aromatic heterocycles. The van der Waals surface area contributed by atoms with Crippen molar-refractivity contribution in [2.24, 2.45) is 5.92 Å².